The van der Waals surface area contributed by atoms with Crippen molar-refractivity contribution in [1.29, 1.82) is 0 Å². The number of ether oxygens (including phenoxy) is 1. The largest absolute Gasteiger partial charge is 0.394 e. The third kappa shape index (κ3) is 1.63. The minimum atomic E-state index is -0.664. The van der Waals surface area contributed by atoms with E-state index in [2.05, 4.69) is 15.4 Å². The molecular weight excluding hydrogens is 236 g/mol. The van der Waals surface area contributed by atoms with Gasteiger partial charge in [0.25, 0.3) is 0 Å². The molecule has 0 radical (unpaired) electrons. The van der Waals surface area contributed by atoms with Crippen LogP contribution in [0.15, 0.2) is 11.2 Å². The molecule has 98 valence electrons. The smallest absolute Gasteiger partial charge is 0.149 e. The first-order valence-electron chi connectivity index (χ1n) is 5.98. The second kappa shape index (κ2) is 4.34. The highest BCUT2D eigenvalue weighted by molar-refractivity contribution is 5.65. The second-order valence-electron chi connectivity index (χ2n) is 4.66. The topological polar surface area (TPSA) is 91.9 Å². The van der Waals surface area contributed by atoms with Gasteiger partial charge in [-0.1, -0.05) is 6.92 Å². The lowest BCUT2D eigenvalue weighted by molar-refractivity contribution is -0.0242. The van der Waals surface area contributed by atoms with Gasteiger partial charge in [-0.2, -0.15) is 0 Å². The zero-order chi connectivity index (χ0) is 12.7. The van der Waals surface area contributed by atoms with E-state index in [1.165, 1.54) is 0 Å². The van der Waals surface area contributed by atoms with Crippen LogP contribution < -0.4 is 5.43 Å². The number of nitrogens with one attached hydrogen (secondary N) is 1. The van der Waals surface area contributed by atoms with Gasteiger partial charge < -0.3 is 14.9 Å². The molecule has 7 nitrogen and oxygen atoms in total. The Morgan fingerprint density at radius 3 is 3.17 bits per heavy atom. The summed E-state index contributed by atoms with van der Waals surface area (Å²) in [6, 6.07) is 0. The summed E-state index contributed by atoms with van der Waals surface area (Å²) in [5.74, 6) is 0.717. The van der Waals surface area contributed by atoms with Gasteiger partial charge in [0.1, 0.15) is 30.9 Å². The first-order valence-corrected chi connectivity index (χ1v) is 5.98. The van der Waals surface area contributed by atoms with E-state index in [1.54, 1.807) is 12.5 Å². The standard InChI is InChI=1S/C11H16N4O3/c1-6-10(17)8(4-16)18-11(6)7-2-13-9-3-12-5-14-15(7)9/h2,5-6,8,10-11,16-17H,3-4H2,1H3,(H,12,14)/t6-,8-,10+,11-/m1/s1. The fourth-order valence-corrected chi connectivity index (χ4v) is 2.49. The van der Waals surface area contributed by atoms with Gasteiger partial charge in [-0.3, -0.25) is 10.4 Å². The lowest BCUT2D eigenvalue weighted by atomic mass is 9.97. The summed E-state index contributed by atoms with van der Waals surface area (Å²) in [5.41, 5.74) is 3.84. The Morgan fingerprint density at radius 2 is 2.44 bits per heavy atom. The maximum Gasteiger partial charge on any atom is 0.149 e. The summed E-state index contributed by atoms with van der Waals surface area (Å²) in [5, 5.41) is 19.1. The molecule has 0 amide bonds. The summed E-state index contributed by atoms with van der Waals surface area (Å²) in [7, 11) is 0. The van der Waals surface area contributed by atoms with Gasteiger partial charge in [0.2, 0.25) is 0 Å². The fourth-order valence-electron chi connectivity index (χ4n) is 2.49. The lowest BCUT2D eigenvalue weighted by Crippen LogP contribution is -2.28. The van der Waals surface area contributed by atoms with Gasteiger partial charge in [0.05, 0.1) is 24.6 Å². The molecule has 3 heterocycles. The van der Waals surface area contributed by atoms with E-state index in [4.69, 9.17) is 9.84 Å². The first-order chi connectivity index (χ1) is 8.72. The number of fused-ring (bicyclic) bond motifs is 1. The number of rotatable bonds is 2. The van der Waals surface area contributed by atoms with Gasteiger partial charge in [-0.05, 0) is 0 Å². The molecule has 1 saturated heterocycles. The van der Waals surface area contributed by atoms with Crippen LogP contribution in [0.25, 0.3) is 0 Å². The maximum atomic E-state index is 9.97. The quantitative estimate of drug-likeness (QED) is 0.653. The minimum absolute atomic E-state index is 0.0939. The Labute approximate surface area is 104 Å². The highest BCUT2D eigenvalue weighted by Gasteiger charge is 2.43. The monoisotopic (exact) mass is 252 g/mol. The van der Waals surface area contributed by atoms with E-state index in [-0.39, 0.29) is 18.6 Å². The predicted octanol–water partition coefficient (Wildman–Crippen LogP) is -0.602. The van der Waals surface area contributed by atoms with E-state index in [9.17, 15) is 5.11 Å². The van der Waals surface area contributed by atoms with Gasteiger partial charge in [0, 0.05) is 5.92 Å². The van der Waals surface area contributed by atoms with E-state index in [0.29, 0.717) is 6.54 Å². The summed E-state index contributed by atoms with van der Waals surface area (Å²) in [6.07, 6.45) is 1.86. The minimum Gasteiger partial charge on any atom is -0.394 e. The number of aliphatic hydroxyl groups excluding tert-OH is 2. The van der Waals surface area contributed by atoms with Crippen molar-refractivity contribution >= 4 is 6.34 Å². The molecule has 7 heteroatoms. The number of nitrogens with zero attached hydrogens (tertiary/aromatic N) is 3. The van der Waals surface area contributed by atoms with Crippen molar-refractivity contribution in [3.05, 3.63) is 17.7 Å². The van der Waals surface area contributed by atoms with Crippen molar-refractivity contribution in [2.75, 3.05) is 12.0 Å². The number of aliphatic imine (C=N–C) groups is 1. The summed E-state index contributed by atoms with van der Waals surface area (Å²) in [4.78, 5) is 8.35. The lowest BCUT2D eigenvalue weighted by Gasteiger charge is -2.19. The van der Waals surface area contributed by atoms with Gasteiger partial charge in [-0.25, -0.2) is 9.66 Å². The van der Waals surface area contributed by atoms with Crippen LogP contribution in [0.1, 0.15) is 24.5 Å². The Kier molecular flexibility index (Phi) is 2.81. The zero-order valence-electron chi connectivity index (χ0n) is 10.0. The van der Waals surface area contributed by atoms with Crippen molar-refractivity contribution in [3.63, 3.8) is 0 Å². The van der Waals surface area contributed by atoms with E-state index in [0.717, 1.165) is 11.5 Å². The van der Waals surface area contributed by atoms with Crippen molar-refractivity contribution in [3.8, 4) is 0 Å². The number of hydrogen-bond acceptors (Lipinski definition) is 6. The molecule has 0 bridgehead atoms. The Balaban J connectivity index is 1.90. The fraction of sp³-hybridized carbons (Fsp3) is 0.636. The molecule has 0 spiro atoms. The maximum absolute atomic E-state index is 9.97. The molecule has 0 saturated carbocycles. The molecule has 0 aliphatic carbocycles. The molecule has 1 fully saturated rings. The Hall–Kier alpha value is -1.44. The van der Waals surface area contributed by atoms with Crippen LogP contribution >= 0.6 is 0 Å². The average molecular weight is 252 g/mol. The van der Waals surface area contributed by atoms with Crippen LogP contribution in [0.5, 0.6) is 0 Å². The van der Waals surface area contributed by atoms with Crippen LogP contribution in [0, 0.1) is 5.92 Å². The molecule has 3 rings (SSSR count). The zero-order valence-corrected chi connectivity index (χ0v) is 10.0. The predicted molar refractivity (Wildman–Crippen MR) is 63.7 cm³/mol. The summed E-state index contributed by atoms with van der Waals surface area (Å²) >= 11 is 0. The molecule has 3 N–H and O–H groups in total. The van der Waals surface area contributed by atoms with Crippen LogP contribution in [0.4, 0.5) is 0 Å². The normalized spacial score (nSPS) is 34.4. The average Bonchev–Trinajstić information content (AvgIpc) is 2.93. The third-order valence-electron chi connectivity index (χ3n) is 3.56. The van der Waals surface area contributed by atoms with Crippen LogP contribution in [0.3, 0.4) is 0 Å². The van der Waals surface area contributed by atoms with Crippen molar-refractivity contribution in [2.24, 2.45) is 10.9 Å². The SMILES string of the molecule is C[C@@H]1[C@H](O)[C@@H](CO)O[C@H]1c1cnc2n1NC=NC2. The van der Waals surface area contributed by atoms with E-state index >= 15 is 0 Å². The Morgan fingerprint density at radius 1 is 1.61 bits per heavy atom. The molecule has 2 aliphatic rings. The van der Waals surface area contributed by atoms with E-state index < -0.39 is 12.2 Å². The first kappa shape index (κ1) is 11.6. The molecule has 18 heavy (non-hydrogen) atoms. The molecule has 1 aromatic heterocycles. The van der Waals surface area contributed by atoms with Crippen LogP contribution in [-0.2, 0) is 11.3 Å². The van der Waals surface area contributed by atoms with Crippen LogP contribution in [-0.4, -0.2) is 45.0 Å². The molecule has 0 aromatic carbocycles. The molecule has 0 unspecified atom stereocenters. The molecule has 2 aliphatic heterocycles. The van der Waals surface area contributed by atoms with Crippen molar-refractivity contribution in [1.82, 2.24) is 9.66 Å². The highest BCUT2D eigenvalue weighted by atomic mass is 16.5. The van der Waals surface area contributed by atoms with Crippen molar-refractivity contribution < 1.29 is 14.9 Å². The van der Waals surface area contributed by atoms with Gasteiger partial charge in [-0.15, -0.1) is 0 Å². The van der Waals surface area contributed by atoms with Crippen LogP contribution in [0.2, 0.25) is 0 Å². The molecular formula is C11H16N4O3. The summed E-state index contributed by atoms with van der Waals surface area (Å²) in [6.45, 7) is 2.25. The van der Waals surface area contributed by atoms with Gasteiger partial charge in [0.15, 0.2) is 0 Å². The number of aromatic nitrogens is 2. The third-order valence-corrected chi connectivity index (χ3v) is 3.56. The van der Waals surface area contributed by atoms with Gasteiger partial charge >= 0.3 is 0 Å². The molecule has 4 atom stereocenters. The van der Waals surface area contributed by atoms with Crippen molar-refractivity contribution in [2.45, 2.75) is 31.8 Å². The summed E-state index contributed by atoms with van der Waals surface area (Å²) < 4.78 is 7.52. The van der Waals surface area contributed by atoms with E-state index in [1.807, 2.05) is 11.6 Å². The number of imidazole rings is 1. The molecule has 1 aromatic rings. The Bertz CT molecular complexity index is 473. The highest BCUT2D eigenvalue weighted by Crippen LogP contribution is 2.38. The second-order valence-corrected chi connectivity index (χ2v) is 4.66. The number of aliphatic hydroxyl groups is 2. The number of hydrogen-bond donors (Lipinski definition) is 3.